The number of rotatable bonds is 1. The molecule has 1 amide bonds. The maximum absolute atomic E-state index is 11.7. The molecular formula is C14H9BrN2O. The SMILES string of the molecule is O=C1NC(=Nc2ccccc2Br)c2ccccc21. The highest BCUT2D eigenvalue weighted by Crippen LogP contribution is 2.26. The van der Waals surface area contributed by atoms with Gasteiger partial charge in [0, 0.05) is 10.0 Å². The van der Waals surface area contributed by atoms with Gasteiger partial charge in [-0.1, -0.05) is 30.3 Å². The lowest BCUT2D eigenvalue weighted by Crippen LogP contribution is -2.21. The van der Waals surface area contributed by atoms with Crippen molar-refractivity contribution < 1.29 is 4.79 Å². The van der Waals surface area contributed by atoms with E-state index < -0.39 is 0 Å². The predicted octanol–water partition coefficient (Wildman–Crippen LogP) is 3.27. The summed E-state index contributed by atoms with van der Waals surface area (Å²) in [5.41, 5.74) is 2.31. The molecule has 0 spiro atoms. The summed E-state index contributed by atoms with van der Waals surface area (Å²) < 4.78 is 0.899. The van der Waals surface area contributed by atoms with E-state index in [1.165, 1.54) is 0 Å². The van der Waals surface area contributed by atoms with Crippen LogP contribution in [0.25, 0.3) is 0 Å². The highest BCUT2D eigenvalue weighted by Gasteiger charge is 2.24. The lowest BCUT2D eigenvalue weighted by atomic mass is 10.1. The Bertz CT molecular complexity index is 664. The topological polar surface area (TPSA) is 41.5 Å². The van der Waals surface area contributed by atoms with Gasteiger partial charge in [-0.05, 0) is 34.1 Å². The Morgan fingerprint density at radius 1 is 0.944 bits per heavy atom. The molecule has 0 saturated heterocycles. The molecule has 18 heavy (non-hydrogen) atoms. The van der Waals surface area contributed by atoms with Gasteiger partial charge in [0.2, 0.25) is 0 Å². The van der Waals surface area contributed by atoms with Gasteiger partial charge in [-0.2, -0.15) is 0 Å². The molecule has 0 saturated carbocycles. The van der Waals surface area contributed by atoms with Crippen LogP contribution in [0, 0.1) is 0 Å². The predicted molar refractivity (Wildman–Crippen MR) is 74.2 cm³/mol. The number of carbonyl (C=O) groups excluding carboxylic acids is 1. The normalized spacial score (nSPS) is 15.6. The number of carbonyl (C=O) groups is 1. The van der Waals surface area contributed by atoms with Crippen molar-refractivity contribution in [3.05, 3.63) is 64.1 Å². The first-order valence-electron chi connectivity index (χ1n) is 5.50. The summed E-state index contributed by atoms with van der Waals surface area (Å²) in [6.45, 7) is 0. The summed E-state index contributed by atoms with van der Waals surface area (Å²) in [5.74, 6) is 0.499. The number of nitrogens with one attached hydrogen (secondary N) is 1. The number of amidine groups is 1. The first-order chi connectivity index (χ1) is 8.75. The Morgan fingerprint density at radius 2 is 1.61 bits per heavy atom. The van der Waals surface area contributed by atoms with Crippen LogP contribution in [-0.2, 0) is 0 Å². The largest absolute Gasteiger partial charge is 0.306 e. The second-order valence-corrected chi connectivity index (χ2v) is 4.77. The second-order valence-electron chi connectivity index (χ2n) is 3.91. The fraction of sp³-hybridized carbons (Fsp3) is 0. The van der Waals surface area contributed by atoms with E-state index in [0.717, 1.165) is 15.7 Å². The lowest BCUT2D eigenvalue weighted by molar-refractivity contribution is 0.0983. The summed E-state index contributed by atoms with van der Waals surface area (Å²) in [6.07, 6.45) is 0. The number of nitrogens with zero attached hydrogens (tertiary/aromatic N) is 1. The van der Waals surface area contributed by atoms with Crippen molar-refractivity contribution in [3.8, 4) is 0 Å². The molecule has 1 N–H and O–H groups in total. The van der Waals surface area contributed by atoms with Crippen LogP contribution in [0.1, 0.15) is 15.9 Å². The molecule has 2 aromatic carbocycles. The Labute approximate surface area is 113 Å². The van der Waals surface area contributed by atoms with E-state index in [0.29, 0.717) is 11.4 Å². The number of benzene rings is 2. The quantitative estimate of drug-likeness (QED) is 0.863. The van der Waals surface area contributed by atoms with Crippen molar-refractivity contribution in [2.45, 2.75) is 0 Å². The van der Waals surface area contributed by atoms with Gasteiger partial charge in [-0.25, -0.2) is 4.99 Å². The lowest BCUT2D eigenvalue weighted by Gasteiger charge is -2.01. The standard InChI is InChI=1S/C14H9BrN2O/c15-11-7-3-4-8-12(11)16-13-9-5-1-2-6-10(9)14(18)17-13/h1-8H,(H,16,17,18). The molecule has 0 radical (unpaired) electrons. The minimum Gasteiger partial charge on any atom is -0.306 e. The molecule has 3 nitrogen and oxygen atoms in total. The molecule has 4 heteroatoms. The van der Waals surface area contributed by atoms with Crippen LogP contribution in [0.15, 0.2) is 58.0 Å². The molecule has 1 aliphatic rings. The van der Waals surface area contributed by atoms with Crippen molar-refractivity contribution in [2.24, 2.45) is 4.99 Å². The summed E-state index contributed by atoms with van der Waals surface area (Å²) >= 11 is 3.44. The van der Waals surface area contributed by atoms with Crippen molar-refractivity contribution >= 4 is 33.4 Å². The molecule has 0 aliphatic carbocycles. The van der Waals surface area contributed by atoms with Gasteiger partial charge in [0.15, 0.2) is 0 Å². The molecule has 3 rings (SSSR count). The van der Waals surface area contributed by atoms with Crippen LogP contribution in [0.5, 0.6) is 0 Å². The molecule has 0 aromatic heterocycles. The van der Waals surface area contributed by atoms with Gasteiger partial charge < -0.3 is 5.32 Å². The van der Waals surface area contributed by atoms with Gasteiger partial charge >= 0.3 is 0 Å². The monoisotopic (exact) mass is 300 g/mol. The van der Waals surface area contributed by atoms with Crippen LogP contribution in [0.4, 0.5) is 5.69 Å². The van der Waals surface area contributed by atoms with E-state index in [-0.39, 0.29) is 5.91 Å². The Morgan fingerprint density at radius 3 is 2.39 bits per heavy atom. The average Bonchev–Trinajstić information content (AvgIpc) is 2.70. The maximum Gasteiger partial charge on any atom is 0.257 e. The van der Waals surface area contributed by atoms with Crippen LogP contribution in [-0.4, -0.2) is 11.7 Å². The number of hydrogen-bond acceptors (Lipinski definition) is 2. The average molecular weight is 301 g/mol. The summed E-state index contributed by atoms with van der Waals surface area (Å²) in [4.78, 5) is 16.2. The zero-order valence-corrected chi connectivity index (χ0v) is 10.9. The van der Waals surface area contributed by atoms with E-state index in [4.69, 9.17) is 0 Å². The number of amides is 1. The van der Waals surface area contributed by atoms with Crippen molar-refractivity contribution in [1.82, 2.24) is 5.32 Å². The molecular weight excluding hydrogens is 292 g/mol. The van der Waals surface area contributed by atoms with Gasteiger partial charge in [-0.15, -0.1) is 0 Å². The van der Waals surface area contributed by atoms with E-state index in [2.05, 4.69) is 26.2 Å². The van der Waals surface area contributed by atoms with Gasteiger partial charge in [-0.3, -0.25) is 4.79 Å². The van der Waals surface area contributed by atoms with Gasteiger partial charge in [0.25, 0.3) is 5.91 Å². The summed E-state index contributed by atoms with van der Waals surface area (Å²) in [6, 6.07) is 15.1. The van der Waals surface area contributed by atoms with Gasteiger partial charge in [0.05, 0.1) is 11.3 Å². The van der Waals surface area contributed by atoms with Crippen molar-refractivity contribution in [1.29, 1.82) is 0 Å². The maximum atomic E-state index is 11.7. The Kier molecular flexibility index (Phi) is 2.72. The third kappa shape index (κ3) is 1.84. The summed E-state index contributed by atoms with van der Waals surface area (Å²) in [7, 11) is 0. The first kappa shape index (κ1) is 11.2. The minimum atomic E-state index is -0.101. The van der Waals surface area contributed by atoms with Crippen molar-refractivity contribution in [2.75, 3.05) is 0 Å². The van der Waals surface area contributed by atoms with Gasteiger partial charge in [0.1, 0.15) is 5.84 Å². The van der Waals surface area contributed by atoms with Crippen LogP contribution < -0.4 is 5.32 Å². The Hall–Kier alpha value is -1.94. The zero-order valence-electron chi connectivity index (χ0n) is 9.35. The van der Waals surface area contributed by atoms with E-state index in [1.807, 2.05) is 42.5 Å². The third-order valence-electron chi connectivity index (χ3n) is 2.74. The van der Waals surface area contributed by atoms with Crippen molar-refractivity contribution in [3.63, 3.8) is 0 Å². The zero-order chi connectivity index (χ0) is 12.5. The molecule has 0 bridgehead atoms. The minimum absolute atomic E-state index is 0.101. The van der Waals surface area contributed by atoms with Crippen LogP contribution in [0.3, 0.4) is 0 Å². The second kappa shape index (κ2) is 4.38. The molecule has 1 aliphatic heterocycles. The number of fused-ring (bicyclic) bond motifs is 1. The fourth-order valence-electron chi connectivity index (χ4n) is 1.88. The smallest absolute Gasteiger partial charge is 0.257 e. The number of aliphatic imine (C=N–C) groups is 1. The molecule has 2 aromatic rings. The van der Waals surface area contributed by atoms with E-state index >= 15 is 0 Å². The third-order valence-corrected chi connectivity index (χ3v) is 3.41. The first-order valence-corrected chi connectivity index (χ1v) is 6.29. The highest BCUT2D eigenvalue weighted by molar-refractivity contribution is 9.10. The van der Waals surface area contributed by atoms with Crippen LogP contribution >= 0.6 is 15.9 Å². The molecule has 0 unspecified atom stereocenters. The van der Waals surface area contributed by atoms with E-state index in [1.54, 1.807) is 6.07 Å². The Balaban J connectivity index is 2.11. The molecule has 0 fully saturated rings. The summed E-state index contributed by atoms with van der Waals surface area (Å²) in [5, 5.41) is 2.79. The molecule has 0 atom stereocenters. The van der Waals surface area contributed by atoms with E-state index in [9.17, 15) is 4.79 Å². The number of para-hydroxylation sites is 1. The molecule has 88 valence electrons. The van der Waals surface area contributed by atoms with Crippen LogP contribution in [0.2, 0.25) is 0 Å². The molecule has 1 heterocycles. The number of halogens is 1. The number of hydrogen-bond donors (Lipinski definition) is 1. The highest BCUT2D eigenvalue weighted by atomic mass is 79.9. The fourth-order valence-corrected chi connectivity index (χ4v) is 2.25.